The van der Waals surface area contributed by atoms with E-state index in [0.717, 1.165) is 36.0 Å². The highest BCUT2D eigenvalue weighted by atomic mass is 35.5. The molecule has 5 rings (SSSR count). The molecular formula is C30H27ClN2O4. The van der Waals surface area contributed by atoms with E-state index in [9.17, 15) is 15.0 Å². The molecule has 3 aromatic carbocycles. The van der Waals surface area contributed by atoms with Gasteiger partial charge in [-0.25, -0.2) is 9.78 Å². The van der Waals surface area contributed by atoms with E-state index in [-0.39, 0.29) is 17.5 Å². The second kappa shape index (κ2) is 11.1. The summed E-state index contributed by atoms with van der Waals surface area (Å²) in [5, 5.41) is 24.0. The number of aryl methyl sites for hydroxylation is 1. The molecular weight excluding hydrogens is 488 g/mol. The fourth-order valence-electron chi connectivity index (χ4n) is 4.68. The fraction of sp³-hybridized carbons (Fsp3) is 0.200. The highest BCUT2D eigenvalue weighted by Gasteiger charge is 2.20. The maximum atomic E-state index is 11.4. The lowest BCUT2D eigenvalue weighted by Gasteiger charge is -2.27. The standard InChI is InChI=1S/C30H27ClN2O4/c31-24-4-1-3-22(16-24)28(34)18-33-25-11-8-20-6-7-21(15-23(20)17-25)19-9-12-26(13-10-19)37-29-27(30(35)36)5-2-14-32-29/h1-7,9-10,12-16,25,28,33-34H,8,11,17-18H2,(H,35,36)/t25-,28+/m0/s1. The summed E-state index contributed by atoms with van der Waals surface area (Å²) in [4.78, 5) is 15.4. The van der Waals surface area contributed by atoms with Crippen molar-refractivity contribution in [3.8, 4) is 22.8 Å². The summed E-state index contributed by atoms with van der Waals surface area (Å²) in [5.41, 5.74) is 5.64. The number of nitrogens with one attached hydrogen (secondary N) is 1. The van der Waals surface area contributed by atoms with Crippen molar-refractivity contribution in [2.24, 2.45) is 0 Å². The Morgan fingerprint density at radius 2 is 1.84 bits per heavy atom. The summed E-state index contributed by atoms with van der Waals surface area (Å²) in [6, 6.07) is 24.8. The molecule has 1 aliphatic rings. The summed E-state index contributed by atoms with van der Waals surface area (Å²) < 4.78 is 5.72. The molecule has 0 saturated carbocycles. The van der Waals surface area contributed by atoms with Crippen LogP contribution in [0.1, 0.15) is 39.6 Å². The molecule has 37 heavy (non-hydrogen) atoms. The van der Waals surface area contributed by atoms with Gasteiger partial charge in [0.05, 0.1) is 6.10 Å². The number of aliphatic hydroxyl groups excluding tert-OH is 1. The first-order chi connectivity index (χ1) is 18.0. The molecule has 7 heteroatoms. The molecule has 3 N–H and O–H groups in total. The molecule has 4 aromatic rings. The maximum absolute atomic E-state index is 11.4. The predicted octanol–water partition coefficient (Wildman–Crippen LogP) is 6.07. The van der Waals surface area contributed by atoms with Gasteiger partial charge in [0, 0.05) is 23.8 Å². The Balaban J connectivity index is 1.24. The predicted molar refractivity (Wildman–Crippen MR) is 143 cm³/mol. The monoisotopic (exact) mass is 514 g/mol. The van der Waals surface area contributed by atoms with Crippen LogP contribution in [0.15, 0.2) is 85.1 Å². The molecule has 2 atom stereocenters. The van der Waals surface area contributed by atoms with Gasteiger partial charge in [0.1, 0.15) is 11.3 Å². The molecule has 188 valence electrons. The minimum atomic E-state index is -1.08. The Kier molecular flexibility index (Phi) is 7.51. The van der Waals surface area contributed by atoms with E-state index in [1.54, 1.807) is 18.2 Å². The van der Waals surface area contributed by atoms with E-state index in [4.69, 9.17) is 16.3 Å². The molecule has 0 unspecified atom stereocenters. The van der Waals surface area contributed by atoms with Crippen molar-refractivity contribution in [2.75, 3.05) is 6.54 Å². The average Bonchev–Trinajstić information content (AvgIpc) is 2.92. The summed E-state index contributed by atoms with van der Waals surface area (Å²) in [6.07, 6.45) is 3.80. The Morgan fingerprint density at radius 3 is 2.62 bits per heavy atom. The van der Waals surface area contributed by atoms with Crippen LogP contribution in [-0.4, -0.2) is 33.8 Å². The normalized spacial score (nSPS) is 15.6. The fourth-order valence-corrected chi connectivity index (χ4v) is 4.88. The van der Waals surface area contributed by atoms with Crippen molar-refractivity contribution >= 4 is 17.6 Å². The van der Waals surface area contributed by atoms with Gasteiger partial charge in [-0.05, 0) is 83.5 Å². The van der Waals surface area contributed by atoms with Crippen molar-refractivity contribution in [3.05, 3.63) is 112 Å². The summed E-state index contributed by atoms with van der Waals surface area (Å²) in [7, 11) is 0. The number of ether oxygens (including phenoxy) is 1. The number of rotatable bonds is 8. The minimum Gasteiger partial charge on any atom is -0.477 e. The number of aromatic carboxylic acids is 1. The number of carboxylic acid groups (broad SMARTS) is 1. The molecule has 0 spiro atoms. The zero-order valence-corrected chi connectivity index (χ0v) is 20.9. The molecule has 0 aliphatic heterocycles. The third-order valence-electron chi connectivity index (χ3n) is 6.67. The number of aliphatic hydroxyl groups is 1. The lowest BCUT2D eigenvalue weighted by atomic mass is 9.86. The van der Waals surface area contributed by atoms with Crippen LogP contribution < -0.4 is 10.1 Å². The van der Waals surface area contributed by atoms with Gasteiger partial charge >= 0.3 is 5.97 Å². The Morgan fingerprint density at radius 1 is 1.03 bits per heavy atom. The second-order valence-corrected chi connectivity index (χ2v) is 9.63. The van der Waals surface area contributed by atoms with Gasteiger partial charge in [0.15, 0.2) is 0 Å². The van der Waals surface area contributed by atoms with Crippen LogP contribution >= 0.6 is 11.6 Å². The summed E-state index contributed by atoms with van der Waals surface area (Å²) in [5.74, 6) is -0.499. The topological polar surface area (TPSA) is 91.7 Å². The molecule has 1 aliphatic carbocycles. The number of carboxylic acids is 1. The molecule has 0 saturated heterocycles. The van der Waals surface area contributed by atoms with Gasteiger partial charge in [-0.15, -0.1) is 0 Å². The van der Waals surface area contributed by atoms with Crippen molar-refractivity contribution < 1.29 is 19.7 Å². The number of hydrogen-bond acceptors (Lipinski definition) is 5. The number of nitrogens with zero attached hydrogens (tertiary/aromatic N) is 1. The Bertz CT molecular complexity index is 1410. The number of fused-ring (bicyclic) bond motifs is 1. The zero-order valence-electron chi connectivity index (χ0n) is 20.1. The van der Waals surface area contributed by atoms with Crippen molar-refractivity contribution in [1.82, 2.24) is 10.3 Å². The van der Waals surface area contributed by atoms with Gasteiger partial charge in [-0.2, -0.15) is 0 Å². The first-order valence-corrected chi connectivity index (χ1v) is 12.6. The summed E-state index contributed by atoms with van der Waals surface area (Å²) in [6.45, 7) is 0.474. The van der Waals surface area contributed by atoms with Crippen LogP contribution in [0, 0.1) is 0 Å². The number of carbonyl (C=O) groups is 1. The first-order valence-electron chi connectivity index (χ1n) is 12.2. The van der Waals surface area contributed by atoms with Crippen LogP contribution in [0.5, 0.6) is 11.6 Å². The van der Waals surface area contributed by atoms with Crippen molar-refractivity contribution in [2.45, 2.75) is 31.4 Å². The lowest BCUT2D eigenvalue weighted by molar-refractivity contribution is 0.0693. The SMILES string of the molecule is O=C(O)c1cccnc1Oc1ccc(-c2ccc3c(c2)C[C@@H](NC[C@@H](O)c2cccc(Cl)c2)CC3)cc1. The second-order valence-electron chi connectivity index (χ2n) is 9.19. The van der Waals surface area contributed by atoms with Gasteiger partial charge in [0.25, 0.3) is 0 Å². The van der Waals surface area contributed by atoms with Crippen LogP contribution in [0.25, 0.3) is 11.1 Å². The smallest absolute Gasteiger partial charge is 0.341 e. The van der Waals surface area contributed by atoms with Crippen LogP contribution in [-0.2, 0) is 12.8 Å². The van der Waals surface area contributed by atoms with Crippen molar-refractivity contribution in [1.29, 1.82) is 0 Å². The van der Waals surface area contributed by atoms with E-state index in [2.05, 4.69) is 28.5 Å². The van der Waals surface area contributed by atoms with Gasteiger partial charge in [-0.3, -0.25) is 0 Å². The molecule has 0 fully saturated rings. The third-order valence-corrected chi connectivity index (χ3v) is 6.91. The molecule has 0 bridgehead atoms. The first kappa shape index (κ1) is 25.0. The Labute approximate surface area is 220 Å². The number of hydrogen-bond donors (Lipinski definition) is 3. The van der Waals surface area contributed by atoms with Crippen LogP contribution in [0.4, 0.5) is 0 Å². The van der Waals surface area contributed by atoms with Crippen LogP contribution in [0.3, 0.4) is 0 Å². The Hall–Kier alpha value is -3.71. The van der Waals surface area contributed by atoms with Gasteiger partial charge in [-0.1, -0.05) is 54.1 Å². The average molecular weight is 515 g/mol. The van der Waals surface area contributed by atoms with E-state index in [0.29, 0.717) is 17.3 Å². The third kappa shape index (κ3) is 6.00. The van der Waals surface area contributed by atoms with Gasteiger partial charge in [0.2, 0.25) is 5.88 Å². The molecule has 0 amide bonds. The van der Waals surface area contributed by atoms with Crippen LogP contribution in [0.2, 0.25) is 5.02 Å². The number of pyridine rings is 1. The van der Waals surface area contributed by atoms with Crippen molar-refractivity contribution in [3.63, 3.8) is 0 Å². The number of halogens is 1. The summed E-state index contributed by atoms with van der Waals surface area (Å²) >= 11 is 6.06. The van der Waals surface area contributed by atoms with E-state index >= 15 is 0 Å². The maximum Gasteiger partial charge on any atom is 0.341 e. The largest absolute Gasteiger partial charge is 0.477 e. The number of benzene rings is 3. The van der Waals surface area contributed by atoms with E-state index in [1.165, 1.54) is 23.4 Å². The van der Waals surface area contributed by atoms with E-state index < -0.39 is 12.1 Å². The highest BCUT2D eigenvalue weighted by molar-refractivity contribution is 6.30. The molecule has 0 radical (unpaired) electrons. The quantitative estimate of drug-likeness (QED) is 0.264. The highest BCUT2D eigenvalue weighted by Crippen LogP contribution is 2.30. The minimum absolute atomic E-state index is 0.0181. The number of aromatic nitrogens is 1. The van der Waals surface area contributed by atoms with Gasteiger partial charge < -0.3 is 20.3 Å². The molecule has 1 heterocycles. The lowest BCUT2D eigenvalue weighted by Crippen LogP contribution is -2.37. The van der Waals surface area contributed by atoms with E-state index in [1.807, 2.05) is 36.4 Å². The molecule has 6 nitrogen and oxygen atoms in total. The molecule has 1 aromatic heterocycles. The zero-order chi connectivity index (χ0) is 25.8.